The van der Waals surface area contributed by atoms with Crippen LogP contribution in [0.5, 0.6) is 0 Å². The third-order valence-electron chi connectivity index (χ3n) is 6.13. The maximum atomic E-state index is 13.2. The van der Waals surface area contributed by atoms with Gasteiger partial charge in [-0.1, -0.05) is 24.3 Å². The molecular formula is C20H21NO3S. The average molecular weight is 355 g/mol. The van der Waals surface area contributed by atoms with Crippen LogP contribution in [-0.2, 0) is 14.3 Å². The standard InChI is InChI=1S/C20H21NO3S/c22-18-15-8-9-16-14(7-4-10-20(16)24-11-12-25-20)17(15)19(23)21(18)13-5-2-1-3-6-13/h1-3,5-6,9,14-15,17H,4,7-8,10-12H2/t14?,15-,17+,20?/m0/s1. The topological polar surface area (TPSA) is 46.6 Å². The Balaban J connectivity index is 1.52. The Bertz CT molecular complexity index is 753. The molecule has 3 fully saturated rings. The second-order valence-corrected chi connectivity index (χ2v) is 8.68. The van der Waals surface area contributed by atoms with Crippen LogP contribution in [0.15, 0.2) is 42.0 Å². The van der Waals surface area contributed by atoms with Crippen molar-refractivity contribution >= 4 is 29.3 Å². The number of para-hydroxylation sites is 1. The Labute approximate surface area is 151 Å². The van der Waals surface area contributed by atoms with Gasteiger partial charge in [0.2, 0.25) is 11.8 Å². The molecule has 5 heteroatoms. The first kappa shape index (κ1) is 15.6. The molecule has 2 unspecified atom stereocenters. The molecule has 0 bridgehead atoms. The van der Waals surface area contributed by atoms with E-state index >= 15 is 0 Å². The largest absolute Gasteiger partial charge is 0.360 e. The maximum absolute atomic E-state index is 13.2. The summed E-state index contributed by atoms with van der Waals surface area (Å²) in [5.41, 5.74) is 1.99. The highest BCUT2D eigenvalue weighted by Crippen LogP contribution is 2.56. The minimum atomic E-state index is -0.225. The molecule has 5 rings (SSSR count). The molecule has 1 aromatic rings. The lowest BCUT2D eigenvalue weighted by molar-refractivity contribution is -0.123. The van der Waals surface area contributed by atoms with E-state index in [1.807, 2.05) is 42.1 Å². The Morgan fingerprint density at radius 3 is 2.72 bits per heavy atom. The van der Waals surface area contributed by atoms with Crippen LogP contribution < -0.4 is 4.90 Å². The lowest BCUT2D eigenvalue weighted by atomic mass is 9.66. The number of imide groups is 1. The number of ether oxygens (including phenoxy) is 1. The molecule has 1 aromatic carbocycles. The lowest BCUT2D eigenvalue weighted by Crippen LogP contribution is -2.43. The first-order valence-corrected chi connectivity index (χ1v) is 10.1. The molecule has 1 spiro atoms. The quantitative estimate of drug-likeness (QED) is 0.572. The van der Waals surface area contributed by atoms with Gasteiger partial charge in [0.1, 0.15) is 4.93 Å². The molecule has 4 aliphatic rings. The van der Waals surface area contributed by atoms with Crippen LogP contribution in [0.2, 0.25) is 0 Å². The minimum absolute atomic E-state index is 0.0168. The number of hydrogen-bond donors (Lipinski definition) is 0. The summed E-state index contributed by atoms with van der Waals surface area (Å²) in [6, 6.07) is 9.35. The molecule has 0 aromatic heterocycles. The Hall–Kier alpha value is -1.59. The van der Waals surface area contributed by atoms with E-state index in [0.717, 1.165) is 31.6 Å². The number of hydrogen-bond acceptors (Lipinski definition) is 4. The molecule has 2 aliphatic heterocycles. The van der Waals surface area contributed by atoms with Crippen molar-refractivity contribution in [3.8, 4) is 0 Å². The monoisotopic (exact) mass is 355 g/mol. The summed E-state index contributed by atoms with van der Waals surface area (Å²) in [4.78, 5) is 27.4. The molecule has 2 amide bonds. The predicted octanol–water partition coefficient (Wildman–Crippen LogP) is 3.38. The molecule has 4 nitrogen and oxygen atoms in total. The van der Waals surface area contributed by atoms with Gasteiger partial charge in [0.05, 0.1) is 24.1 Å². The highest BCUT2D eigenvalue weighted by Gasteiger charge is 2.58. The van der Waals surface area contributed by atoms with Gasteiger partial charge in [-0.2, -0.15) is 0 Å². The molecule has 0 N–H and O–H groups in total. The Kier molecular flexibility index (Phi) is 3.57. The first-order valence-electron chi connectivity index (χ1n) is 9.13. The number of amides is 2. The summed E-state index contributed by atoms with van der Waals surface area (Å²) in [7, 11) is 0. The second kappa shape index (κ2) is 5.71. The number of anilines is 1. The number of rotatable bonds is 1. The smallest absolute Gasteiger partial charge is 0.238 e. The molecule has 0 radical (unpaired) electrons. The number of allylic oxidation sites excluding steroid dienone is 1. The van der Waals surface area contributed by atoms with E-state index < -0.39 is 0 Å². The van der Waals surface area contributed by atoms with Gasteiger partial charge in [-0.15, -0.1) is 11.8 Å². The number of benzene rings is 1. The van der Waals surface area contributed by atoms with Crippen molar-refractivity contribution in [2.45, 2.75) is 30.6 Å². The van der Waals surface area contributed by atoms with Gasteiger partial charge in [-0.25, -0.2) is 0 Å². The Morgan fingerprint density at radius 2 is 1.96 bits per heavy atom. The number of carbonyl (C=O) groups excluding carboxylic acids is 2. The molecular weight excluding hydrogens is 334 g/mol. The van der Waals surface area contributed by atoms with Crippen molar-refractivity contribution in [3.63, 3.8) is 0 Å². The van der Waals surface area contributed by atoms with Crippen LogP contribution in [0, 0.1) is 17.8 Å². The van der Waals surface area contributed by atoms with Gasteiger partial charge in [-0.05, 0) is 49.3 Å². The van der Waals surface area contributed by atoms with Crippen molar-refractivity contribution in [2.24, 2.45) is 17.8 Å². The van der Waals surface area contributed by atoms with E-state index in [1.54, 1.807) is 0 Å². The van der Waals surface area contributed by atoms with E-state index in [1.165, 1.54) is 10.5 Å². The van der Waals surface area contributed by atoms with Crippen LogP contribution in [0.1, 0.15) is 25.7 Å². The minimum Gasteiger partial charge on any atom is -0.360 e. The summed E-state index contributed by atoms with van der Waals surface area (Å²) in [5, 5.41) is 0. The van der Waals surface area contributed by atoms with Crippen LogP contribution in [-0.4, -0.2) is 29.1 Å². The first-order chi connectivity index (χ1) is 12.2. The second-order valence-electron chi connectivity index (χ2n) is 7.32. The van der Waals surface area contributed by atoms with Crippen LogP contribution in [0.4, 0.5) is 5.69 Å². The van der Waals surface area contributed by atoms with E-state index in [0.29, 0.717) is 12.1 Å². The van der Waals surface area contributed by atoms with E-state index in [-0.39, 0.29) is 34.5 Å². The Morgan fingerprint density at radius 1 is 1.12 bits per heavy atom. The van der Waals surface area contributed by atoms with E-state index in [4.69, 9.17) is 4.74 Å². The van der Waals surface area contributed by atoms with Gasteiger partial charge >= 0.3 is 0 Å². The lowest BCUT2D eigenvalue weighted by Gasteiger charge is -2.44. The van der Waals surface area contributed by atoms with E-state index in [2.05, 4.69) is 6.08 Å². The van der Waals surface area contributed by atoms with Crippen molar-refractivity contribution in [1.82, 2.24) is 0 Å². The summed E-state index contributed by atoms with van der Waals surface area (Å²) in [6.45, 7) is 0.784. The summed E-state index contributed by atoms with van der Waals surface area (Å²) >= 11 is 1.88. The zero-order valence-corrected chi connectivity index (χ0v) is 14.8. The van der Waals surface area contributed by atoms with Gasteiger partial charge in [-0.3, -0.25) is 14.5 Å². The third-order valence-corrected chi connectivity index (χ3v) is 7.53. The van der Waals surface area contributed by atoms with Crippen LogP contribution in [0.3, 0.4) is 0 Å². The fourth-order valence-electron chi connectivity index (χ4n) is 5.12. The number of carbonyl (C=O) groups is 2. The fraction of sp³-hybridized carbons (Fsp3) is 0.500. The average Bonchev–Trinajstić information content (AvgIpc) is 3.20. The van der Waals surface area contributed by atoms with Gasteiger partial charge in [0.25, 0.3) is 0 Å². The zero-order valence-electron chi connectivity index (χ0n) is 14.0. The highest BCUT2D eigenvalue weighted by molar-refractivity contribution is 8.00. The molecule has 4 atom stereocenters. The number of nitrogens with zero attached hydrogens (tertiary/aromatic N) is 1. The number of thioether (sulfide) groups is 1. The van der Waals surface area contributed by atoms with Crippen LogP contribution >= 0.6 is 11.8 Å². The molecule has 25 heavy (non-hydrogen) atoms. The van der Waals surface area contributed by atoms with E-state index in [9.17, 15) is 9.59 Å². The molecule has 2 saturated heterocycles. The van der Waals surface area contributed by atoms with Gasteiger partial charge in [0.15, 0.2) is 0 Å². The SMILES string of the molecule is O=C1[C@H]2CC=C3C(CCCC34OCCS4)[C@H]2C(=O)N1c1ccccc1. The van der Waals surface area contributed by atoms with Crippen molar-refractivity contribution < 1.29 is 14.3 Å². The van der Waals surface area contributed by atoms with Crippen molar-refractivity contribution in [1.29, 1.82) is 0 Å². The van der Waals surface area contributed by atoms with Crippen LogP contribution in [0.25, 0.3) is 0 Å². The maximum Gasteiger partial charge on any atom is 0.238 e. The third kappa shape index (κ3) is 2.18. The zero-order chi connectivity index (χ0) is 17.0. The predicted molar refractivity (Wildman–Crippen MR) is 97.1 cm³/mol. The van der Waals surface area contributed by atoms with Gasteiger partial charge < -0.3 is 4.74 Å². The van der Waals surface area contributed by atoms with Crippen molar-refractivity contribution in [2.75, 3.05) is 17.3 Å². The molecule has 1 saturated carbocycles. The molecule has 2 heterocycles. The fourth-order valence-corrected chi connectivity index (χ4v) is 6.47. The molecule has 130 valence electrons. The number of fused-ring (bicyclic) bond motifs is 4. The van der Waals surface area contributed by atoms with Crippen molar-refractivity contribution in [3.05, 3.63) is 42.0 Å². The molecule has 2 aliphatic carbocycles. The highest BCUT2D eigenvalue weighted by atomic mass is 32.2. The normalized spacial score (nSPS) is 37.2. The summed E-state index contributed by atoms with van der Waals surface area (Å²) < 4.78 is 6.16. The summed E-state index contributed by atoms with van der Waals surface area (Å²) in [5.74, 6) is 0.704. The summed E-state index contributed by atoms with van der Waals surface area (Å²) in [6.07, 6.45) is 5.96. The van der Waals surface area contributed by atoms with Gasteiger partial charge in [0, 0.05) is 5.75 Å².